The number of carbonyl (C=O) groups is 1. The maximum atomic E-state index is 14.0. The summed E-state index contributed by atoms with van der Waals surface area (Å²) in [5.41, 5.74) is -1.21. The predicted molar refractivity (Wildman–Crippen MR) is 189 cm³/mol. The summed E-state index contributed by atoms with van der Waals surface area (Å²) < 4.78 is 61.6. The summed E-state index contributed by atoms with van der Waals surface area (Å²) in [6, 6.07) is 8.21. The van der Waals surface area contributed by atoms with Crippen molar-refractivity contribution in [2.24, 2.45) is 16.8 Å². The smallest absolute Gasteiger partial charge is 0.370 e. The molecule has 3 aliphatic rings. The Bertz CT molecular complexity index is 1930. The predicted octanol–water partition coefficient (Wildman–Crippen LogP) is 1.03. The van der Waals surface area contributed by atoms with E-state index < -0.39 is 64.7 Å². The lowest BCUT2D eigenvalue weighted by atomic mass is 9.89. The number of sulfonamides is 1. The Balaban J connectivity index is 1.28. The van der Waals surface area contributed by atoms with Gasteiger partial charge in [0.25, 0.3) is 5.90 Å². The van der Waals surface area contributed by atoms with Gasteiger partial charge in [-0.1, -0.05) is 26.0 Å². The van der Waals surface area contributed by atoms with Gasteiger partial charge in [-0.05, 0) is 49.1 Å². The number of benzene rings is 2. The van der Waals surface area contributed by atoms with Crippen molar-refractivity contribution in [3.05, 3.63) is 64.1 Å². The van der Waals surface area contributed by atoms with Crippen molar-refractivity contribution in [1.82, 2.24) is 9.29 Å². The van der Waals surface area contributed by atoms with Crippen molar-refractivity contribution in [2.45, 2.75) is 68.2 Å². The van der Waals surface area contributed by atoms with Crippen LogP contribution in [0.25, 0.3) is 0 Å². The van der Waals surface area contributed by atoms with Gasteiger partial charge in [0.2, 0.25) is 28.9 Å². The third kappa shape index (κ3) is 8.86. The minimum Gasteiger partial charge on any atom is -0.472 e. The van der Waals surface area contributed by atoms with E-state index in [2.05, 4.69) is 9.98 Å². The summed E-state index contributed by atoms with van der Waals surface area (Å²) in [6.45, 7) is 3.96. The Morgan fingerprint density at radius 2 is 1.87 bits per heavy atom. The van der Waals surface area contributed by atoms with Crippen LogP contribution in [0.15, 0.2) is 57.7 Å². The van der Waals surface area contributed by atoms with E-state index in [4.69, 9.17) is 28.4 Å². The number of hydrogen-bond acceptors (Lipinski definition) is 17. The van der Waals surface area contributed by atoms with Gasteiger partial charge < -0.3 is 54.0 Å². The Morgan fingerprint density at radius 3 is 2.56 bits per heavy atom. The first kappa shape index (κ1) is 39.9. The molecule has 0 amide bonds. The number of ether oxygens (including phenoxy) is 6. The van der Waals surface area contributed by atoms with Crippen molar-refractivity contribution in [3.63, 3.8) is 0 Å². The Hall–Kier alpha value is -3.76. The number of aliphatic imine (C=N–C) groups is 1. The number of carbonyl (C=O) groups excluding carboxylic acids is 1. The minimum absolute atomic E-state index is 0.0322. The topological polar surface area (TPSA) is 236 Å². The first-order chi connectivity index (χ1) is 25.5. The molecule has 0 spiro atoms. The fourth-order valence-corrected chi connectivity index (χ4v) is 8.64. The van der Waals surface area contributed by atoms with E-state index >= 15 is 0 Å². The van der Waals surface area contributed by atoms with Gasteiger partial charge >= 0.3 is 5.97 Å². The minimum atomic E-state index is -4.37. The molecule has 4 heterocycles. The van der Waals surface area contributed by atoms with Crippen LogP contribution < -0.4 is 14.2 Å². The Kier molecular flexibility index (Phi) is 11.7. The second kappa shape index (κ2) is 15.8. The fourth-order valence-electron chi connectivity index (χ4n) is 6.35. The number of thiazole rings is 1. The lowest BCUT2D eigenvalue weighted by molar-refractivity contribution is -0.306. The standard InChI is InChI=1S/C35H43N3O14S2/c1-21(2)14-38(54(45,46)25-8-9-27-28(13-25)51-20-50-27)17-34(41,42)29(37-31(15-39)48-18-33(40)19-49-32-26(33)10-11-47-32)12-23-4-6-24(7-5-23)52-35(43,44)30-16-53-22(3)36-30/h4-9,13,15-16,21,26,29,32,40-44H,10-12,14,17-20H2,1-3H3. The van der Waals surface area contributed by atoms with Gasteiger partial charge in [-0.25, -0.2) is 18.4 Å². The summed E-state index contributed by atoms with van der Waals surface area (Å²) >= 11 is 1.20. The van der Waals surface area contributed by atoms with Crippen LogP contribution >= 0.6 is 11.3 Å². The first-order valence-corrected chi connectivity index (χ1v) is 19.4. The van der Waals surface area contributed by atoms with Crippen LogP contribution in [-0.2, 0) is 41.4 Å². The molecule has 3 aliphatic heterocycles. The number of hydrogen-bond donors (Lipinski definition) is 5. The molecule has 0 radical (unpaired) electrons. The molecular formula is C35H43N3O14S2. The molecule has 17 nitrogen and oxygen atoms in total. The van der Waals surface area contributed by atoms with E-state index in [0.717, 1.165) is 4.31 Å². The highest BCUT2D eigenvalue weighted by atomic mass is 32.2. The molecule has 54 heavy (non-hydrogen) atoms. The van der Waals surface area contributed by atoms with E-state index in [9.17, 15) is 38.7 Å². The molecule has 4 unspecified atom stereocenters. The molecule has 4 atom stereocenters. The van der Waals surface area contributed by atoms with Crippen LogP contribution in [0.2, 0.25) is 0 Å². The fraction of sp³-hybridized carbons (Fsp3) is 0.514. The second-order valence-electron chi connectivity index (χ2n) is 13.8. The number of aryl methyl sites for hydroxylation is 1. The average Bonchev–Trinajstić information content (AvgIpc) is 3.93. The maximum absolute atomic E-state index is 14.0. The second-order valence-corrected chi connectivity index (χ2v) is 16.8. The molecule has 6 rings (SSSR count). The molecular weight excluding hydrogens is 751 g/mol. The summed E-state index contributed by atoms with van der Waals surface area (Å²) in [5, 5.41) is 57.8. The largest absolute Gasteiger partial charge is 0.472 e. The average molecular weight is 794 g/mol. The Morgan fingerprint density at radius 1 is 1.13 bits per heavy atom. The summed E-state index contributed by atoms with van der Waals surface area (Å²) in [5.74, 6) is -6.30. The van der Waals surface area contributed by atoms with E-state index in [0.29, 0.717) is 29.3 Å². The van der Waals surface area contributed by atoms with Crippen molar-refractivity contribution >= 4 is 33.5 Å². The van der Waals surface area contributed by atoms with Gasteiger partial charge in [0.1, 0.15) is 24.0 Å². The van der Waals surface area contributed by atoms with Crippen molar-refractivity contribution in [3.8, 4) is 17.2 Å². The zero-order valence-corrected chi connectivity index (χ0v) is 31.4. The molecule has 294 valence electrons. The normalized spacial score (nSPS) is 22.1. The van der Waals surface area contributed by atoms with Gasteiger partial charge in [-0.3, -0.25) is 4.79 Å². The number of aliphatic hydroxyl groups is 5. The van der Waals surface area contributed by atoms with Crippen LogP contribution in [0.5, 0.6) is 17.2 Å². The number of rotatable bonds is 16. The highest BCUT2D eigenvalue weighted by molar-refractivity contribution is 7.89. The van der Waals surface area contributed by atoms with E-state index in [-0.39, 0.29) is 60.7 Å². The highest BCUT2D eigenvalue weighted by Crippen LogP contribution is 2.39. The van der Waals surface area contributed by atoms with Gasteiger partial charge in [0.15, 0.2) is 23.5 Å². The third-order valence-corrected chi connectivity index (χ3v) is 11.7. The van der Waals surface area contributed by atoms with Crippen LogP contribution in [0.4, 0.5) is 0 Å². The van der Waals surface area contributed by atoms with Crippen molar-refractivity contribution in [1.29, 1.82) is 0 Å². The van der Waals surface area contributed by atoms with Gasteiger partial charge in [0, 0.05) is 30.3 Å². The van der Waals surface area contributed by atoms with Crippen molar-refractivity contribution < 1.29 is 67.2 Å². The van der Waals surface area contributed by atoms with E-state index in [1.165, 1.54) is 59.2 Å². The summed E-state index contributed by atoms with van der Waals surface area (Å²) in [7, 11) is -4.37. The molecule has 0 aliphatic carbocycles. The number of aldehydes is 1. The van der Waals surface area contributed by atoms with E-state index in [1.807, 2.05) is 0 Å². The summed E-state index contributed by atoms with van der Waals surface area (Å²) in [6.07, 6.45) is -0.158. The van der Waals surface area contributed by atoms with Gasteiger partial charge in [-0.15, -0.1) is 11.3 Å². The molecule has 19 heteroatoms. The van der Waals surface area contributed by atoms with Crippen LogP contribution in [-0.4, -0.2) is 119 Å². The number of fused-ring (bicyclic) bond motifs is 2. The third-order valence-electron chi connectivity index (χ3n) is 9.14. The molecule has 0 bridgehead atoms. The SMILES string of the molecule is Cc1nc(C(O)(O)Oc2ccc(CC(N=C(C=O)OCC3(O)COC4OCCC43)C(O)(O)CN(CC(C)C)S(=O)(=O)c3ccc4c(c3)OCO4)cc2)cs1. The Labute approximate surface area is 315 Å². The first-order valence-electron chi connectivity index (χ1n) is 17.1. The highest BCUT2D eigenvalue weighted by Gasteiger charge is 2.52. The molecule has 2 fully saturated rings. The molecule has 5 N–H and O–H groups in total. The van der Waals surface area contributed by atoms with E-state index in [1.54, 1.807) is 20.8 Å². The van der Waals surface area contributed by atoms with Gasteiger partial charge in [0.05, 0.1) is 29.7 Å². The quantitative estimate of drug-likeness (QED) is 0.0590. The molecule has 2 aromatic carbocycles. The lowest BCUT2D eigenvalue weighted by Crippen LogP contribution is -2.54. The number of aromatic nitrogens is 1. The van der Waals surface area contributed by atoms with Crippen LogP contribution in [0, 0.1) is 18.8 Å². The lowest BCUT2D eigenvalue weighted by Gasteiger charge is -2.34. The van der Waals surface area contributed by atoms with Crippen LogP contribution in [0.3, 0.4) is 0 Å². The van der Waals surface area contributed by atoms with Crippen LogP contribution in [0.1, 0.15) is 36.5 Å². The number of nitrogens with zero attached hydrogens (tertiary/aromatic N) is 3. The zero-order valence-electron chi connectivity index (χ0n) is 29.7. The molecule has 0 saturated carbocycles. The molecule has 2 saturated heterocycles. The zero-order chi connectivity index (χ0) is 38.9. The molecule has 3 aromatic rings. The van der Waals surface area contributed by atoms with Gasteiger partial charge in [-0.2, -0.15) is 4.31 Å². The summed E-state index contributed by atoms with van der Waals surface area (Å²) in [4.78, 5) is 20.4. The monoisotopic (exact) mass is 793 g/mol. The molecule has 1 aromatic heterocycles. The maximum Gasteiger partial charge on any atom is 0.370 e. The van der Waals surface area contributed by atoms with Crippen molar-refractivity contribution in [2.75, 3.05) is 39.7 Å².